The van der Waals surface area contributed by atoms with Crippen molar-refractivity contribution >= 4 is 11.6 Å². The smallest absolute Gasteiger partial charge is 0.195 e. The van der Waals surface area contributed by atoms with Gasteiger partial charge in [-0.05, 0) is 64.3 Å². The van der Waals surface area contributed by atoms with Gasteiger partial charge < -0.3 is 29.6 Å². The third-order valence-electron chi connectivity index (χ3n) is 4.28. The molecule has 0 radical (unpaired) electrons. The first kappa shape index (κ1) is 23.4. The van der Waals surface area contributed by atoms with Crippen LogP contribution in [0.15, 0.2) is 29.3 Å². The number of nitrogens with zero attached hydrogens (tertiary/aromatic N) is 1. The van der Waals surface area contributed by atoms with E-state index >= 15 is 0 Å². The van der Waals surface area contributed by atoms with Gasteiger partial charge >= 0.3 is 0 Å². The van der Waals surface area contributed by atoms with Gasteiger partial charge in [0.05, 0.1) is 25.4 Å². The number of hydrogen-bond donors (Lipinski definition) is 2. The van der Waals surface area contributed by atoms with Gasteiger partial charge in [0.1, 0.15) is 5.75 Å². The summed E-state index contributed by atoms with van der Waals surface area (Å²) >= 11 is 0. The number of anilines is 1. The van der Waals surface area contributed by atoms with Crippen molar-refractivity contribution in [2.45, 2.75) is 52.2 Å². The molecule has 1 aromatic carbocycles. The van der Waals surface area contributed by atoms with E-state index in [-0.39, 0.29) is 12.2 Å². The van der Waals surface area contributed by atoms with Gasteiger partial charge in [-0.2, -0.15) is 0 Å². The summed E-state index contributed by atoms with van der Waals surface area (Å²) in [7, 11) is 0. The van der Waals surface area contributed by atoms with Crippen molar-refractivity contribution in [2.75, 3.05) is 51.4 Å². The highest BCUT2D eigenvalue weighted by Crippen LogP contribution is 2.17. The van der Waals surface area contributed by atoms with Crippen LogP contribution < -0.4 is 15.4 Å². The molecule has 1 atom stereocenters. The summed E-state index contributed by atoms with van der Waals surface area (Å²) in [6, 6.07) is 7.89. The molecule has 7 heteroatoms. The van der Waals surface area contributed by atoms with Crippen molar-refractivity contribution in [3.05, 3.63) is 24.3 Å². The fourth-order valence-electron chi connectivity index (χ4n) is 2.90. The third kappa shape index (κ3) is 10.5. The zero-order valence-corrected chi connectivity index (χ0v) is 18.1. The molecule has 2 rings (SSSR count). The Morgan fingerprint density at radius 3 is 2.72 bits per heavy atom. The molecule has 0 amide bonds. The number of nitrogens with one attached hydrogen (secondary N) is 2. The second-order valence-corrected chi connectivity index (χ2v) is 7.23. The maximum absolute atomic E-state index is 5.71. The Balaban J connectivity index is 1.76. The Kier molecular flexibility index (Phi) is 11.5. The molecule has 164 valence electrons. The number of ether oxygens (including phenoxy) is 4. The maximum Gasteiger partial charge on any atom is 0.195 e. The number of benzene rings is 1. The lowest BCUT2D eigenvalue weighted by Gasteiger charge is -2.14. The molecule has 0 bridgehead atoms. The Labute approximate surface area is 175 Å². The van der Waals surface area contributed by atoms with Gasteiger partial charge in [-0.25, -0.2) is 0 Å². The first-order valence-corrected chi connectivity index (χ1v) is 10.8. The van der Waals surface area contributed by atoms with E-state index in [1.807, 2.05) is 45.0 Å². The predicted octanol–water partition coefficient (Wildman–Crippen LogP) is 3.45. The van der Waals surface area contributed by atoms with Gasteiger partial charge in [0.25, 0.3) is 0 Å². The highest BCUT2D eigenvalue weighted by molar-refractivity contribution is 5.93. The van der Waals surface area contributed by atoms with E-state index in [9.17, 15) is 0 Å². The summed E-state index contributed by atoms with van der Waals surface area (Å²) < 4.78 is 22.4. The minimum Gasteiger partial charge on any atom is -0.491 e. The van der Waals surface area contributed by atoms with Crippen LogP contribution in [0.5, 0.6) is 5.75 Å². The van der Waals surface area contributed by atoms with Crippen molar-refractivity contribution in [3.8, 4) is 5.75 Å². The van der Waals surface area contributed by atoms with Gasteiger partial charge in [-0.15, -0.1) is 0 Å². The predicted molar refractivity (Wildman–Crippen MR) is 117 cm³/mol. The van der Waals surface area contributed by atoms with Crippen LogP contribution in [-0.2, 0) is 14.2 Å². The Bertz CT molecular complexity index is 572. The van der Waals surface area contributed by atoms with Crippen LogP contribution in [0.1, 0.15) is 40.0 Å². The average molecular weight is 408 g/mol. The molecule has 1 heterocycles. The van der Waals surface area contributed by atoms with Crippen LogP contribution in [0.3, 0.4) is 0 Å². The molecule has 0 aliphatic carbocycles. The van der Waals surface area contributed by atoms with Crippen LogP contribution in [0.4, 0.5) is 5.69 Å². The van der Waals surface area contributed by atoms with Crippen LogP contribution in [0, 0.1) is 0 Å². The van der Waals surface area contributed by atoms with Crippen molar-refractivity contribution in [2.24, 2.45) is 4.99 Å². The number of hydrogen-bond acceptors (Lipinski definition) is 5. The van der Waals surface area contributed by atoms with E-state index in [1.54, 1.807) is 0 Å². The quantitative estimate of drug-likeness (QED) is 0.296. The molecule has 0 spiro atoms. The lowest BCUT2D eigenvalue weighted by atomic mass is 10.2. The molecule has 1 aliphatic heterocycles. The van der Waals surface area contributed by atoms with Crippen LogP contribution in [0.25, 0.3) is 0 Å². The minimum atomic E-state index is 0.161. The highest BCUT2D eigenvalue weighted by atomic mass is 16.5. The Morgan fingerprint density at radius 2 is 2.03 bits per heavy atom. The lowest BCUT2D eigenvalue weighted by molar-refractivity contribution is 0.0171. The van der Waals surface area contributed by atoms with Crippen molar-refractivity contribution in [1.29, 1.82) is 0 Å². The van der Waals surface area contributed by atoms with E-state index in [1.165, 1.54) is 0 Å². The molecule has 0 aromatic heterocycles. The molecule has 1 aromatic rings. The lowest BCUT2D eigenvalue weighted by Crippen LogP contribution is -2.33. The number of guanidine groups is 1. The normalized spacial score (nSPS) is 17.0. The molecule has 1 unspecified atom stereocenters. The van der Waals surface area contributed by atoms with Gasteiger partial charge in [0, 0.05) is 38.6 Å². The molecule has 2 N–H and O–H groups in total. The first-order valence-electron chi connectivity index (χ1n) is 10.8. The van der Waals surface area contributed by atoms with E-state index in [4.69, 9.17) is 18.9 Å². The van der Waals surface area contributed by atoms with E-state index in [0.717, 1.165) is 43.3 Å². The standard InChI is InChI=1S/C22H37N3O4/c1-4-26-16-13-24-22(23-12-6-14-27-17-21-7-5-15-28-21)25-19-8-10-20(11-9-19)29-18(2)3/h8-11,18,21H,4-7,12-17H2,1-3H3,(H2,23,24,25). The molecule has 1 saturated heterocycles. The number of rotatable bonds is 13. The van der Waals surface area contributed by atoms with Gasteiger partial charge in [0.15, 0.2) is 5.96 Å². The summed E-state index contributed by atoms with van der Waals surface area (Å²) in [5, 5.41) is 6.65. The van der Waals surface area contributed by atoms with Gasteiger partial charge in [-0.1, -0.05) is 0 Å². The average Bonchev–Trinajstić information content (AvgIpc) is 3.22. The summed E-state index contributed by atoms with van der Waals surface area (Å²) in [6.07, 6.45) is 3.56. The summed E-state index contributed by atoms with van der Waals surface area (Å²) in [6.45, 7) is 11.0. The van der Waals surface area contributed by atoms with Gasteiger partial charge in [-0.3, -0.25) is 4.99 Å². The van der Waals surface area contributed by atoms with E-state index < -0.39 is 0 Å². The van der Waals surface area contributed by atoms with Crippen molar-refractivity contribution < 1.29 is 18.9 Å². The highest BCUT2D eigenvalue weighted by Gasteiger charge is 2.14. The van der Waals surface area contributed by atoms with Crippen molar-refractivity contribution in [3.63, 3.8) is 0 Å². The van der Waals surface area contributed by atoms with E-state index in [2.05, 4.69) is 15.6 Å². The fraction of sp³-hybridized carbons (Fsp3) is 0.682. The molecule has 0 saturated carbocycles. The maximum atomic E-state index is 5.71. The molecular weight excluding hydrogens is 370 g/mol. The fourth-order valence-corrected chi connectivity index (χ4v) is 2.90. The monoisotopic (exact) mass is 407 g/mol. The second-order valence-electron chi connectivity index (χ2n) is 7.23. The van der Waals surface area contributed by atoms with Crippen molar-refractivity contribution in [1.82, 2.24) is 5.32 Å². The van der Waals surface area contributed by atoms with E-state index in [0.29, 0.717) is 39.5 Å². The van der Waals surface area contributed by atoms with Crippen LogP contribution >= 0.6 is 0 Å². The SMILES string of the molecule is CCOCCNC(=NCCCOCC1CCCO1)Nc1ccc(OC(C)C)cc1. The molecular formula is C22H37N3O4. The zero-order chi connectivity index (χ0) is 20.7. The van der Waals surface area contributed by atoms with Gasteiger partial charge in [0.2, 0.25) is 0 Å². The molecule has 1 fully saturated rings. The minimum absolute atomic E-state index is 0.161. The summed E-state index contributed by atoms with van der Waals surface area (Å²) in [5.41, 5.74) is 0.957. The molecule has 29 heavy (non-hydrogen) atoms. The zero-order valence-electron chi connectivity index (χ0n) is 18.1. The Morgan fingerprint density at radius 1 is 1.21 bits per heavy atom. The first-order chi connectivity index (χ1) is 14.2. The summed E-state index contributed by atoms with van der Waals surface area (Å²) in [5.74, 6) is 1.60. The molecule has 7 nitrogen and oxygen atoms in total. The second kappa shape index (κ2) is 14.2. The van der Waals surface area contributed by atoms with Crippen LogP contribution in [-0.4, -0.2) is 64.3 Å². The Hall–Kier alpha value is -1.83. The van der Waals surface area contributed by atoms with Crippen LogP contribution in [0.2, 0.25) is 0 Å². The summed E-state index contributed by atoms with van der Waals surface area (Å²) in [4.78, 5) is 4.65. The topological polar surface area (TPSA) is 73.3 Å². The third-order valence-corrected chi connectivity index (χ3v) is 4.28. The molecule has 1 aliphatic rings. The number of aliphatic imine (C=N–C) groups is 1. The largest absolute Gasteiger partial charge is 0.491 e.